The molecule has 0 aromatic rings. The van der Waals surface area contributed by atoms with Crippen molar-refractivity contribution < 1.29 is 54.2 Å². The first-order valence-electron chi connectivity index (χ1n) is 0.617. The van der Waals surface area contributed by atoms with Gasteiger partial charge in [-0.25, -0.2) is 0 Å². The molecule has 0 aliphatic carbocycles. The van der Waals surface area contributed by atoms with E-state index < -0.39 is 15.5 Å². The molecule has 0 atom stereocenters. The molecule has 40 valence electrons. The van der Waals surface area contributed by atoms with Crippen LogP contribution in [0.4, 0.5) is 0 Å². The van der Waals surface area contributed by atoms with E-state index in [1.807, 2.05) is 0 Å². The van der Waals surface area contributed by atoms with Crippen LogP contribution in [-0.4, -0.2) is 5.48 Å². The van der Waals surface area contributed by atoms with Crippen LogP contribution >= 0.6 is 0 Å². The van der Waals surface area contributed by atoms with Crippen LogP contribution in [-0.2, 0) is 26.0 Å². The fourth-order valence-electron chi connectivity index (χ4n) is 0. The molecule has 0 fully saturated rings. The summed E-state index contributed by atoms with van der Waals surface area (Å²) in [5.41, 5.74) is 0. The second-order valence-electron chi connectivity index (χ2n) is 0.378. The Labute approximate surface area is 54.4 Å². The number of hydrogen-bond acceptors (Lipinski definition) is 4. The third-order valence-electron chi connectivity index (χ3n) is 0. The summed E-state index contributed by atoms with van der Waals surface area (Å²) >= 11 is -5.94. The molecule has 2 N–H and O–H groups in total. The van der Waals surface area contributed by atoms with Gasteiger partial charge < -0.3 is 5.48 Å². The van der Waals surface area contributed by atoms with Gasteiger partial charge in [0.05, 0.1) is 0 Å². The first kappa shape index (κ1) is 15.6. The van der Waals surface area contributed by atoms with E-state index in [1.54, 1.807) is 0 Å². The van der Waals surface area contributed by atoms with E-state index in [0.29, 0.717) is 0 Å². The minimum atomic E-state index is -5.94. The summed E-state index contributed by atoms with van der Waals surface area (Å²) in [6.07, 6.45) is 0. The Kier molecular flexibility index (Phi) is 10.5. The van der Waals surface area contributed by atoms with Crippen LogP contribution in [0, 0.1) is 0 Å². The average molecular weight is 187 g/mol. The van der Waals surface area contributed by atoms with Crippen molar-refractivity contribution in [2.45, 2.75) is 0 Å². The predicted molar refractivity (Wildman–Crippen MR) is 5.67 cm³/mol. The van der Waals surface area contributed by atoms with Crippen LogP contribution in [0.15, 0.2) is 0 Å². The third-order valence-corrected chi connectivity index (χ3v) is 0. The van der Waals surface area contributed by atoms with Gasteiger partial charge >= 0.3 is 48.8 Å². The summed E-state index contributed by atoms with van der Waals surface area (Å²) < 4.78 is 34.5. The topological polar surface area (TPSA) is 106 Å². The zero-order chi connectivity index (χ0) is 4.50. The van der Waals surface area contributed by atoms with Gasteiger partial charge in [-0.1, -0.05) is 0 Å². The summed E-state index contributed by atoms with van der Waals surface area (Å²) in [4.78, 5) is 0. The Morgan fingerprint density at radius 1 is 1.14 bits per heavy atom. The van der Waals surface area contributed by atoms with Gasteiger partial charge in [0.15, 0.2) is 0 Å². The third kappa shape index (κ3) is 426. The molecular weight excluding hydrogens is 185 g/mol. The molecule has 0 radical (unpaired) electrons. The van der Waals surface area contributed by atoms with E-state index in [0.717, 1.165) is 0 Å². The molecular formula is H2LiO5Tc. The molecule has 7 heteroatoms. The molecule has 0 rings (SSSR count). The van der Waals surface area contributed by atoms with Crippen LogP contribution in [0.25, 0.3) is 0 Å². The first-order valence-corrected chi connectivity index (χ1v) is 3.65. The van der Waals surface area contributed by atoms with Crippen LogP contribution in [0.1, 0.15) is 0 Å². The van der Waals surface area contributed by atoms with Gasteiger partial charge in [0, 0.05) is 0 Å². The van der Waals surface area contributed by atoms with Crippen LogP contribution in [0.3, 0.4) is 0 Å². The molecule has 0 spiro atoms. The molecule has 5 nitrogen and oxygen atoms in total. The molecule has 0 aromatic carbocycles. The van der Waals surface area contributed by atoms with Crippen molar-refractivity contribution in [3.05, 3.63) is 0 Å². The zero-order valence-electron chi connectivity index (χ0n) is 3.51. The summed E-state index contributed by atoms with van der Waals surface area (Å²) in [6, 6.07) is 0. The average Bonchev–Trinajstić information content (AvgIpc) is 0.722. The molecule has 0 bridgehead atoms. The van der Waals surface area contributed by atoms with Gasteiger partial charge in [-0.3, -0.25) is 0 Å². The number of rotatable bonds is 0. The van der Waals surface area contributed by atoms with Crippen molar-refractivity contribution in [2.75, 3.05) is 0 Å². The van der Waals surface area contributed by atoms with E-state index in [2.05, 4.69) is 0 Å². The SMILES string of the molecule is O.[Li+].[O]=[Tc](=[O])(=[O])[O-]. The van der Waals surface area contributed by atoms with Gasteiger partial charge in [0.1, 0.15) is 0 Å². The Morgan fingerprint density at radius 2 is 1.14 bits per heavy atom. The molecule has 0 saturated heterocycles. The van der Waals surface area contributed by atoms with Crippen LogP contribution in [0.2, 0.25) is 0 Å². The normalized spacial score (nSPS) is 8.14. The molecule has 0 aliphatic heterocycles. The summed E-state index contributed by atoms with van der Waals surface area (Å²) in [7, 11) is 0. The van der Waals surface area contributed by atoms with Crippen LogP contribution < -0.4 is 22.7 Å². The summed E-state index contributed by atoms with van der Waals surface area (Å²) in [5, 5.41) is 0. The minimum absolute atomic E-state index is 0. The summed E-state index contributed by atoms with van der Waals surface area (Å²) in [6.45, 7) is 0. The molecule has 0 amide bonds. The molecule has 0 aromatic heterocycles. The van der Waals surface area contributed by atoms with Crippen LogP contribution in [0.5, 0.6) is 0 Å². The Hall–Kier alpha value is 0.567. The second-order valence-corrected chi connectivity index (χ2v) is 2.24. The Bertz CT molecular complexity index is 129. The van der Waals surface area contributed by atoms with E-state index in [9.17, 15) is 0 Å². The fourth-order valence-corrected chi connectivity index (χ4v) is 0. The standard InChI is InChI=1S/Li.H2O.4O.Tc/h;1H2;;;;;/q+1;;;;;-1;. The van der Waals surface area contributed by atoms with E-state index in [-0.39, 0.29) is 24.3 Å². The monoisotopic (exact) mass is 186 g/mol. The molecule has 7 heavy (non-hydrogen) atoms. The van der Waals surface area contributed by atoms with Crippen molar-refractivity contribution in [1.82, 2.24) is 0 Å². The molecule has 0 aliphatic rings. The van der Waals surface area contributed by atoms with Crippen molar-refractivity contribution >= 4 is 0 Å². The van der Waals surface area contributed by atoms with E-state index in [4.69, 9.17) is 14.4 Å². The van der Waals surface area contributed by atoms with Crippen molar-refractivity contribution in [2.24, 2.45) is 0 Å². The summed E-state index contributed by atoms with van der Waals surface area (Å²) in [5.74, 6) is 0. The maximum absolute atomic E-state index is 8.62. The first-order chi connectivity index (χ1) is 2.00. The predicted octanol–water partition coefficient (Wildman–Crippen LogP) is -5.37. The zero-order valence-corrected chi connectivity index (χ0v) is 5.37. The second kappa shape index (κ2) is 4.72. The maximum atomic E-state index is 8.62. The number of hydrogen-bond donors (Lipinski definition) is 0. The quantitative estimate of drug-likeness (QED) is 0.353. The van der Waals surface area contributed by atoms with Gasteiger partial charge in [0.25, 0.3) is 0 Å². The molecule has 0 unspecified atom stereocenters. The van der Waals surface area contributed by atoms with Crippen molar-refractivity contribution in [1.29, 1.82) is 0 Å². The Balaban J connectivity index is -0.0000000800. The molecule has 0 saturated carbocycles. The van der Waals surface area contributed by atoms with Crippen molar-refractivity contribution in [3.63, 3.8) is 0 Å². The van der Waals surface area contributed by atoms with Gasteiger partial charge in [0.2, 0.25) is 0 Å². The van der Waals surface area contributed by atoms with Crippen molar-refractivity contribution in [3.8, 4) is 0 Å². The van der Waals surface area contributed by atoms with E-state index >= 15 is 0 Å². The Morgan fingerprint density at radius 3 is 1.14 bits per heavy atom. The fraction of sp³-hybridized carbons (Fsp3) is 0. The van der Waals surface area contributed by atoms with Gasteiger partial charge in [-0.15, -0.1) is 0 Å². The molecule has 0 heterocycles. The van der Waals surface area contributed by atoms with Gasteiger partial charge in [-0.05, 0) is 0 Å². The van der Waals surface area contributed by atoms with E-state index in [1.165, 1.54) is 0 Å². The van der Waals surface area contributed by atoms with Gasteiger partial charge in [-0.2, -0.15) is 0 Å².